The number of carbonyl (C=O) groups is 2. The Kier molecular flexibility index (Phi) is 3.98. The number of hydrogen-bond donors (Lipinski definition) is 2. The second-order valence-corrected chi connectivity index (χ2v) is 6.02. The summed E-state index contributed by atoms with van der Waals surface area (Å²) in [6.45, 7) is 2.06. The third-order valence-electron chi connectivity index (χ3n) is 3.44. The number of anilines is 1. The van der Waals surface area contributed by atoms with Crippen molar-refractivity contribution in [3.8, 4) is 0 Å². The summed E-state index contributed by atoms with van der Waals surface area (Å²) in [6, 6.07) is 7.01. The van der Waals surface area contributed by atoms with Crippen molar-refractivity contribution in [3.63, 3.8) is 0 Å². The maximum absolute atomic E-state index is 12.2. The normalized spacial score (nSPS) is 22.3. The Hall–Kier alpha value is -1.31. The van der Waals surface area contributed by atoms with Crippen LogP contribution in [0.4, 0.5) is 10.5 Å². The Morgan fingerprint density at radius 1 is 1.37 bits per heavy atom. The Labute approximate surface area is 125 Å². The number of hydrogen-bond acceptors (Lipinski definition) is 2. The molecule has 102 valence electrons. The molecular formula is C13H15IN2O3. The molecule has 0 radical (unpaired) electrons. The maximum Gasteiger partial charge on any atom is 0.329 e. The minimum atomic E-state index is -1.10. The van der Waals surface area contributed by atoms with Gasteiger partial charge in [0.15, 0.2) is 0 Å². The van der Waals surface area contributed by atoms with Crippen LogP contribution in [0.15, 0.2) is 24.3 Å². The van der Waals surface area contributed by atoms with Gasteiger partial charge in [0.1, 0.15) is 5.54 Å². The summed E-state index contributed by atoms with van der Waals surface area (Å²) in [5.74, 6) is -0.956. The van der Waals surface area contributed by atoms with Gasteiger partial charge in [-0.1, -0.05) is 0 Å². The molecule has 2 rings (SSSR count). The van der Waals surface area contributed by atoms with Gasteiger partial charge < -0.3 is 15.3 Å². The number of likely N-dealkylation sites (tertiary alicyclic amines) is 1. The highest BCUT2D eigenvalue weighted by atomic mass is 127. The molecule has 2 amide bonds. The SMILES string of the molecule is CC1(C(=O)O)CCCN1C(=O)Nc1ccc(I)cc1. The number of carbonyl (C=O) groups excluding carboxylic acids is 1. The Balaban J connectivity index is 2.11. The van der Waals surface area contributed by atoms with Crippen LogP contribution in [0.1, 0.15) is 19.8 Å². The van der Waals surface area contributed by atoms with Crippen LogP contribution >= 0.6 is 22.6 Å². The third-order valence-corrected chi connectivity index (χ3v) is 4.16. The molecule has 1 saturated heterocycles. The molecule has 0 saturated carbocycles. The van der Waals surface area contributed by atoms with Crippen molar-refractivity contribution in [2.45, 2.75) is 25.3 Å². The topological polar surface area (TPSA) is 69.6 Å². The van der Waals surface area contributed by atoms with Crippen LogP contribution in [0.25, 0.3) is 0 Å². The number of amides is 2. The average Bonchev–Trinajstić information content (AvgIpc) is 2.76. The van der Waals surface area contributed by atoms with E-state index in [0.29, 0.717) is 25.1 Å². The summed E-state index contributed by atoms with van der Waals surface area (Å²) in [5.41, 5.74) is -0.433. The van der Waals surface area contributed by atoms with Crippen molar-refractivity contribution < 1.29 is 14.7 Å². The van der Waals surface area contributed by atoms with Gasteiger partial charge in [-0.15, -0.1) is 0 Å². The van der Waals surface area contributed by atoms with E-state index < -0.39 is 11.5 Å². The lowest BCUT2D eigenvalue weighted by Gasteiger charge is -2.31. The number of halogens is 1. The molecule has 1 aromatic rings. The highest BCUT2D eigenvalue weighted by molar-refractivity contribution is 14.1. The number of nitrogens with zero attached hydrogens (tertiary/aromatic N) is 1. The van der Waals surface area contributed by atoms with Crippen LogP contribution in [-0.2, 0) is 4.79 Å². The summed E-state index contributed by atoms with van der Waals surface area (Å²) >= 11 is 2.18. The molecule has 0 spiro atoms. The predicted octanol–water partition coefficient (Wildman–Crippen LogP) is 2.76. The highest BCUT2D eigenvalue weighted by Crippen LogP contribution is 2.29. The third kappa shape index (κ3) is 2.83. The molecule has 1 atom stereocenters. The molecule has 5 nitrogen and oxygen atoms in total. The van der Waals surface area contributed by atoms with Gasteiger partial charge in [0.2, 0.25) is 0 Å². The highest BCUT2D eigenvalue weighted by Gasteiger charge is 2.45. The van der Waals surface area contributed by atoms with Gasteiger partial charge in [-0.05, 0) is 66.6 Å². The molecule has 1 unspecified atom stereocenters. The zero-order valence-electron chi connectivity index (χ0n) is 10.5. The number of benzene rings is 1. The van der Waals surface area contributed by atoms with Crippen LogP contribution in [0, 0.1) is 3.57 Å². The van der Waals surface area contributed by atoms with Crippen molar-refractivity contribution in [1.82, 2.24) is 4.90 Å². The lowest BCUT2D eigenvalue weighted by Crippen LogP contribution is -2.52. The molecule has 0 bridgehead atoms. The van der Waals surface area contributed by atoms with Crippen molar-refractivity contribution >= 4 is 40.3 Å². The van der Waals surface area contributed by atoms with Gasteiger partial charge in [0, 0.05) is 15.8 Å². The summed E-state index contributed by atoms with van der Waals surface area (Å²) in [4.78, 5) is 24.9. The largest absolute Gasteiger partial charge is 0.480 e. The zero-order valence-corrected chi connectivity index (χ0v) is 12.7. The van der Waals surface area contributed by atoms with E-state index in [2.05, 4.69) is 27.9 Å². The molecule has 1 aliphatic heterocycles. The summed E-state index contributed by atoms with van der Waals surface area (Å²) in [7, 11) is 0. The fourth-order valence-corrected chi connectivity index (χ4v) is 2.59. The quantitative estimate of drug-likeness (QED) is 0.783. The Morgan fingerprint density at radius 2 is 2.00 bits per heavy atom. The number of rotatable bonds is 2. The van der Waals surface area contributed by atoms with E-state index in [0.717, 1.165) is 3.57 Å². The first-order valence-electron chi connectivity index (χ1n) is 6.01. The Morgan fingerprint density at radius 3 is 2.58 bits per heavy atom. The predicted molar refractivity (Wildman–Crippen MR) is 80.2 cm³/mol. The number of nitrogens with one attached hydrogen (secondary N) is 1. The van der Waals surface area contributed by atoms with Crippen LogP contribution in [-0.4, -0.2) is 34.1 Å². The number of carboxylic acid groups (broad SMARTS) is 1. The molecule has 1 heterocycles. The molecule has 1 aliphatic rings. The maximum atomic E-state index is 12.2. The van der Waals surface area contributed by atoms with Crippen molar-refractivity contribution in [2.24, 2.45) is 0 Å². The monoisotopic (exact) mass is 374 g/mol. The zero-order chi connectivity index (χ0) is 14.0. The molecule has 0 aliphatic carbocycles. The van der Waals surface area contributed by atoms with Gasteiger partial charge in [0.25, 0.3) is 0 Å². The summed E-state index contributed by atoms with van der Waals surface area (Å²) < 4.78 is 1.08. The minimum absolute atomic E-state index is 0.358. The lowest BCUT2D eigenvalue weighted by molar-refractivity contribution is -0.146. The van der Waals surface area contributed by atoms with E-state index in [1.54, 1.807) is 19.1 Å². The van der Waals surface area contributed by atoms with Crippen molar-refractivity contribution in [3.05, 3.63) is 27.8 Å². The first-order valence-corrected chi connectivity index (χ1v) is 7.09. The van der Waals surface area contributed by atoms with Crippen LogP contribution in [0.5, 0.6) is 0 Å². The van der Waals surface area contributed by atoms with Gasteiger partial charge in [-0.2, -0.15) is 0 Å². The lowest BCUT2D eigenvalue weighted by atomic mass is 10.00. The van der Waals surface area contributed by atoms with Gasteiger partial charge in [0.05, 0.1) is 0 Å². The fraction of sp³-hybridized carbons (Fsp3) is 0.385. The van der Waals surface area contributed by atoms with Gasteiger partial charge in [-0.25, -0.2) is 9.59 Å². The van der Waals surface area contributed by atoms with Crippen LogP contribution in [0.3, 0.4) is 0 Å². The van der Waals surface area contributed by atoms with Crippen molar-refractivity contribution in [1.29, 1.82) is 0 Å². The number of carboxylic acids is 1. The molecular weight excluding hydrogens is 359 g/mol. The average molecular weight is 374 g/mol. The van der Waals surface area contributed by atoms with Crippen molar-refractivity contribution in [2.75, 3.05) is 11.9 Å². The number of aliphatic carboxylic acids is 1. The molecule has 19 heavy (non-hydrogen) atoms. The molecule has 1 fully saturated rings. The van der Waals surface area contributed by atoms with E-state index in [1.807, 2.05) is 12.1 Å². The first kappa shape index (κ1) is 14.1. The second-order valence-electron chi connectivity index (χ2n) is 4.77. The minimum Gasteiger partial charge on any atom is -0.480 e. The first-order chi connectivity index (χ1) is 8.93. The van der Waals surface area contributed by atoms with E-state index >= 15 is 0 Å². The van der Waals surface area contributed by atoms with E-state index in [-0.39, 0.29) is 6.03 Å². The summed E-state index contributed by atoms with van der Waals surface area (Å²) in [6.07, 6.45) is 1.20. The van der Waals surface area contributed by atoms with E-state index in [4.69, 9.17) is 0 Å². The van der Waals surface area contributed by atoms with Crippen LogP contribution < -0.4 is 5.32 Å². The molecule has 6 heteroatoms. The smallest absolute Gasteiger partial charge is 0.329 e. The molecule has 2 N–H and O–H groups in total. The Bertz CT molecular complexity index is 503. The standard InChI is InChI=1S/C13H15IN2O3/c1-13(11(17)18)7-2-8-16(13)12(19)15-10-5-3-9(14)4-6-10/h3-6H,2,7-8H2,1H3,(H,15,19)(H,17,18). The number of urea groups is 1. The second kappa shape index (κ2) is 5.36. The fourth-order valence-electron chi connectivity index (χ4n) is 2.24. The molecule has 0 aromatic heterocycles. The molecule has 1 aromatic carbocycles. The van der Waals surface area contributed by atoms with Crippen LogP contribution in [0.2, 0.25) is 0 Å². The summed E-state index contributed by atoms with van der Waals surface area (Å²) in [5, 5.41) is 12.0. The van der Waals surface area contributed by atoms with Gasteiger partial charge >= 0.3 is 12.0 Å². The van der Waals surface area contributed by atoms with E-state index in [9.17, 15) is 14.7 Å². The van der Waals surface area contributed by atoms with E-state index in [1.165, 1.54) is 4.90 Å². The van der Waals surface area contributed by atoms with Gasteiger partial charge in [-0.3, -0.25) is 0 Å².